The third-order valence-electron chi connectivity index (χ3n) is 2.24. The van der Waals surface area contributed by atoms with Crippen molar-refractivity contribution in [3.8, 4) is 0 Å². The van der Waals surface area contributed by atoms with E-state index in [0.717, 1.165) is 28.5 Å². The lowest BCUT2D eigenvalue weighted by Gasteiger charge is -2.01. The van der Waals surface area contributed by atoms with Gasteiger partial charge in [0, 0.05) is 11.9 Å². The minimum absolute atomic E-state index is 0.305. The molecule has 1 heterocycles. The van der Waals surface area contributed by atoms with E-state index in [-0.39, 0.29) is 0 Å². The number of hydrogen-bond donors (Lipinski definition) is 1. The van der Waals surface area contributed by atoms with Crippen molar-refractivity contribution in [2.24, 2.45) is 0 Å². The summed E-state index contributed by atoms with van der Waals surface area (Å²) in [5, 5.41) is 0.991. The van der Waals surface area contributed by atoms with Gasteiger partial charge >= 0.3 is 0 Å². The zero-order valence-electron chi connectivity index (χ0n) is 9.15. The van der Waals surface area contributed by atoms with Crippen molar-refractivity contribution in [1.82, 2.24) is 4.72 Å². The molecule has 0 saturated carbocycles. The predicted molar refractivity (Wildman–Crippen MR) is 62.6 cm³/mol. The first-order chi connectivity index (χ1) is 7.44. The Kier molecular flexibility index (Phi) is 2.73. The Bertz CT molecular complexity index is 613. The number of aryl methyl sites for hydroxylation is 1. The van der Waals surface area contributed by atoms with E-state index in [1.54, 1.807) is 0 Å². The van der Waals surface area contributed by atoms with Crippen LogP contribution in [-0.2, 0) is 16.6 Å². The molecule has 1 aromatic carbocycles. The molecule has 0 bridgehead atoms. The van der Waals surface area contributed by atoms with Gasteiger partial charge in [0.1, 0.15) is 11.3 Å². The van der Waals surface area contributed by atoms with Crippen LogP contribution in [0.15, 0.2) is 28.7 Å². The minimum atomic E-state index is -3.14. The maximum absolute atomic E-state index is 10.9. The van der Waals surface area contributed by atoms with Crippen LogP contribution in [0, 0.1) is 6.92 Å². The van der Waals surface area contributed by atoms with Crippen molar-refractivity contribution in [3.05, 3.63) is 35.6 Å². The molecule has 5 heteroatoms. The summed E-state index contributed by atoms with van der Waals surface area (Å²) in [6.45, 7) is 2.19. The van der Waals surface area contributed by atoms with Crippen molar-refractivity contribution in [3.63, 3.8) is 0 Å². The van der Waals surface area contributed by atoms with Gasteiger partial charge in [0.25, 0.3) is 0 Å². The summed E-state index contributed by atoms with van der Waals surface area (Å²) in [4.78, 5) is 0. The number of nitrogens with one attached hydrogen (secondary N) is 1. The van der Waals surface area contributed by atoms with Crippen molar-refractivity contribution < 1.29 is 12.8 Å². The van der Waals surface area contributed by atoms with Gasteiger partial charge in [0.15, 0.2) is 0 Å². The highest BCUT2D eigenvalue weighted by atomic mass is 32.2. The predicted octanol–water partition coefficient (Wildman–Crippen LogP) is 1.79. The number of rotatable bonds is 3. The summed E-state index contributed by atoms with van der Waals surface area (Å²) in [5.41, 5.74) is 1.74. The fraction of sp³-hybridized carbons (Fsp3) is 0.273. The van der Waals surface area contributed by atoms with E-state index in [2.05, 4.69) is 4.72 Å². The van der Waals surface area contributed by atoms with E-state index < -0.39 is 10.0 Å². The SMILES string of the molecule is Cc1cc2cc(CNS(C)(=O)=O)ccc2o1. The molecule has 0 amide bonds. The molecule has 0 saturated heterocycles. The first-order valence-corrected chi connectivity index (χ1v) is 6.77. The average molecular weight is 239 g/mol. The van der Waals surface area contributed by atoms with E-state index >= 15 is 0 Å². The molecule has 1 N–H and O–H groups in total. The van der Waals surface area contributed by atoms with Crippen LogP contribution in [0.4, 0.5) is 0 Å². The molecule has 0 unspecified atom stereocenters. The molecule has 0 radical (unpaired) electrons. The quantitative estimate of drug-likeness (QED) is 0.888. The molecular formula is C11H13NO3S. The van der Waals surface area contributed by atoms with Gasteiger partial charge < -0.3 is 4.42 Å². The van der Waals surface area contributed by atoms with Crippen LogP contribution in [0.1, 0.15) is 11.3 Å². The third kappa shape index (κ3) is 2.62. The molecule has 0 aliphatic heterocycles. The van der Waals surface area contributed by atoms with Crippen LogP contribution >= 0.6 is 0 Å². The van der Waals surface area contributed by atoms with E-state index in [9.17, 15) is 8.42 Å². The van der Waals surface area contributed by atoms with Crippen LogP contribution in [0.5, 0.6) is 0 Å². The Morgan fingerprint density at radius 1 is 1.31 bits per heavy atom. The second kappa shape index (κ2) is 3.92. The molecule has 1 aromatic heterocycles. The van der Waals surface area contributed by atoms with Gasteiger partial charge in [0.05, 0.1) is 6.26 Å². The first-order valence-electron chi connectivity index (χ1n) is 4.88. The van der Waals surface area contributed by atoms with Crippen molar-refractivity contribution in [2.75, 3.05) is 6.26 Å². The number of sulfonamides is 1. The summed E-state index contributed by atoms with van der Waals surface area (Å²) < 4.78 is 29.8. The van der Waals surface area contributed by atoms with Crippen molar-refractivity contribution >= 4 is 21.0 Å². The molecule has 0 spiro atoms. The number of furan rings is 1. The summed E-state index contributed by atoms with van der Waals surface area (Å²) in [6, 6.07) is 7.55. The molecule has 16 heavy (non-hydrogen) atoms. The highest BCUT2D eigenvalue weighted by Crippen LogP contribution is 2.20. The van der Waals surface area contributed by atoms with E-state index in [0.29, 0.717) is 6.54 Å². The standard InChI is InChI=1S/C11H13NO3S/c1-8-5-10-6-9(3-4-11(10)15-8)7-12-16(2,13)14/h3-6,12H,7H2,1-2H3. The molecule has 2 aromatic rings. The van der Waals surface area contributed by atoms with Crippen LogP contribution < -0.4 is 4.72 Å². The minimum Gasteiger partial charge on any atom is -0.461 e. The molecule has 0 aliphatic carbocycles. The van der Waals surface area contributed by atoms with Gasteiger partial charge in [-0.2, -0.15) is 0 Å². The maximum atomic E-state index is 10.9. The highest BCUT2D eigenvalue weighted by Gasteiger charge is 2.04. The molecule has 2 rings (SSSR count). The molecule has 0 aliphatic rings. The van der Waals surface area contributed by atoms with Crippen LogP contribution in [0.3, 0.4) is 0 Å². The topological polar surface area (TPSA) is 59.3 Å². The Morgan fingerprint density at radius 2 is 2.06 bits per heavy atom. The molecule has 4 nitrogen and oxygen atoms in total. The monoisotopic (exact) mass is 239 g/mol. The second-order valence-corrected chi connectivity index (χ2v) is 5.66. The van der Waals surface area contributed by atoms with Crippen LogP contribution in [0.25, 0.3) is 11.0 Å². The maximum Gasteiger partial charge on any atom is 0.209 e. The van der Waals surface area contributed by atoms with E-state index in [4.69, 9.17) is 4.42 Å². The van der Waals surface area contributed by atoms with Gasteiger partial charge in [-0.25, -0.2) is 13.1 Å². The van der Waals surface area contributed by atoms with Crippen molar-refractivity contribution in [2.45, 2.75) is 13.5 Å². The first kappa shape index (κ1) is 11.2. The van der Waals surface area contributed by atoms with Gasteiger partial charge in [-0.3, -0.25) is 0 Å². The van der Waals surface area contributed by atoms with Crippen LogP contribution in [0.2, 0.25) is 0 Å². The Balaban J connectivity index is 2.25. The molecular weight excluding hydrogens is 226 g/mol. The second-order valence-electron chi connectivity index (χ2n) is 3.82. The summed E-state index contributed by atoms with van der Waals surface area (Å²) in [5.74, 6) is 0.850. The van der Waals surface area contributed by atoms with Crippen molar-refractivity contribution in [1.29, 1.82) is 0 Å². The van der Waals surface area contributed by atoms with E-state index in [1.807, 2.05) is 31.2 Å². The third-order valence-corrected chi connectivity index (χ3v) is 2.91. The summed E-state index contributed by atoms with van der Waals surface area (Å²) in [6.07, 6.45) is 1.15. The largest absolute Gasteiger partial charge is 0.461 e. The lowest BCUT2D eigenvalue weighted by Crippen LogP contribution is -2.21. The number of benzene rings is 1. The number of hydrogen-bond acceptors (Lipinski definition) is 3. The normalized spacial score (nSPS) is 12.1. The van der Waals surface area contributed by atoms with Gasteiger partial charge in [-0.05, 0) is 30.7 Å². The molecule has 0 fully saturated rings. The number of fused-ring (bicyclic) bond motifs is 1. The zero-order chi connectivity index (χ0) is 11.8. The Labute approximate surface area is 94.3 Å². The van der Waals surface area contributed by atoms with E-state index in [1.165, 1.54) is 0 Å². The Hall–Kier alpha value is -1.33. The Morgan fingerprint density at radius 3 is 2.75 bits per heavy atom. The summed E-state index contributed by atoms with van der Waals surface area (Å²) >= 11 is 0. The zero-order valence-corrected chi connectivity index (χ0v) is 9.97. The highest BCUT2D eigenvalue weighted by molar-refractivity contribution is 7.88. The average Bonchev–Trinajstić information content (AvgIpc) is 2.52. The lowest BCUT2D eigenvalue weighted by molar-refractivity contribution is 0.578. The van der Waals surface area contributed by atoms with Gasteiger partial charge in [-0.15, -0.1) is 0 Å². The molecule has 0 atom stereocenters. The fourth-order valence-electron chi connectivity index (χ4n) is 1.55. The fourth-order valence-corrected chi connectivity index (χ4v) is 1.98. The van der Waals surface area contributed by atoms with Crippen LogP contribution in [-0.4, -0.2) is 14.7 Å². The molecule has 86 valence electrons. The smallest absolute Gasteiger partial charge is 0.209 e. The van der Waals surface area contributed by atoms with Gasteiger partial charge in [-0.1, -0.05) is 6.07 Å². The lowest BCUT2D eigenvalue weighted by atomic mass is 10.1. The van der Waals surface area contributed by atoms with Gasteiger partial charge in [0.2, 0.25) is 10.0 Å². The summed E-state index contributed by atoms with van der Waals surface area (Å²) in [7, 11) is -3.14.